The SMILES string of the molecule is CCOC(=O)[C@H]1C(=O)C(=O)N(c2ccc(C)cc2)[C@H]1c1ccc(OC)cc1. The van der Waals surface area contributed by atoms with E-state index in [0.29, 0.717) is 17.0 Å². The maximum Gasteiger partial charge on any atom is 0.319 e. The Morgan fingerprint density at radius 1 is 1.04 bits per heavy atom. The first-order chi connectivity index (χ1) is 13.0. The maximum absolute atomic E-state index is 12.8. The molecule has 1 saturated heterocycles. The van der Waals surface area contributed by atoms with Crippen molar-refractivity contribution in [1.82, 2.24) is 0 Å². The Balaban J connectivity index is 2.10. The van der Waals surface area contributed by atoms with Crippen molar-refractivity contribution in [2.75, 3.05) is 18.6 Å². The fourth-order valence-corrected chi connectivity index (χ4v) is 3.26. The highest BCUT2D eigenvalue weighted by molar-refractivity contribution is 6.47. The Bertz CT molecular complexity index is 857. The lowest BCUT2D eigenvalue weighted by Gasteiger charge is -2.27. The van der Waals surface area contributed by atoms with Crippen molar-refractivity contribution in [2.24, 2.45) is 5.92 Å². The van der Waals surface area contributed by atoms with Crippen LogP contribution in [0.25, 0.3) is 0 Å². The molecular weight excluding hydrogens is 346 g/mol. The molecule has 0 spiro atoms. The first-order valence-corrected chi connectivity index (χ1v) is 8.72. The van der Waals surface area contributed by atoms with E-state index in [9.17, 15) is 14.4 Å². The molecule has 0 N–H and O–H groups in total. The van der Waals surface area contributed by atoms with Gasteiger partial charge < -0.3 is 9.47 Å². The van der Waals surface area contributed by atoms with E-state index >= 15 is 0 Å². The minimum Gasteiger partial charge on any atom is -0.497 e. The van der Waals surface area contributed by atoms with Crippen LogP contribution in [0.5, 0.6) is 5.75 Å². The summed E-state index contributed by atoms with van der Waals surface area (Å²) in [5.41, 5.74) is 2.25. The maximum atomic E-state index is 12.8. The van der Waals surface area contributed by atoms with Crippen molar-refractivity contribution >= 4 is 23.3 Å². The van der Waals surface area contributed by atoms with Gasteiger partial charge in [-0.15, -0.1) is 0 Å². The molecule has 0 bridgehead atoms. The summed E-state index contributed by atoms with van der Waals surface area (Å²) in [4.78, 5) is 39.3. The fourth-order valence-electron chi connectivity index (χ4n) is 3.26. The average molecular weight is 367 g/mol. The lowest BCUT2D eigenvalue weighted by molar-refractivity contribution is -0.152. The zero-order chi connectivity index (χ0) is 19.6. The number of ketones is 1. The number of Topliss-reactive ketones (excluding diaryl/α,β-unsaturated/α-hetero) is 1. The molecule has 2 atom stereocenters. The second-order valence-electron chi connectivity index (χ2n) is 6.32. The molecule has 6 nitrogen and oxygen atoms in total. The average Bonchev–Trinajstić information content (AvgIpc) is 2.94. The Hall–Kier alpha value is -3.15. The van der Waals surface area contributed by atoms with Gasteiger partial charge in [-0.3, -0.25) is 19.3 Å². The van der Waals surface area contributed by atoms with Crippen molar-refractivity contribution in [3.63, 3.8) is 0 Å². The van der Waals surface area contributed by atoms with E-state index in [4.69, 9.17) is 9.47 Å². The molecule has 2 aromatic carbocycles. The summed E-state index contributed by atoms with van der Waals surface area (Å²) in [6.07, 6.45) is 0. The molecule has 0 radical (unpaired) electrons. The van der Waals surface area contributed by atoms with Crippen LogP contribution in [0.4, 0.5) is 5.69 Å². The molecule has 27 heavy (non-hydrogen) atoms. The number of amides is 1. The summed E-state index contributed by atoms with van der Waals surface area (Å²) in [5, 5.41) is 0. The van der Waals surface area contributed by atoms with Gasteiger partial charge in [-0.2, -0.15) is 0 Å². The smallest absolute Gasteiger partial charge is 0.319 e. The fraction of sp³-hybridized carbons (Fsp3) is 0.286. The van der Waals surface area contributed by atoms with Crippen LogP contribution in [-0.2, 0) is 19.1 Å². The molecule has 0 aliphatic carbocycles. The van der Waals surface area contributed by atoms with Gasteiger partial charge in [-0.1, -0.05) is 29.8 Å². The minimum absolute atomic E-state index is 0.136. The number of methoxy groups -OCH3 is 1. The number of rotatable bonds is 5. The molecule has 6 heteroatoms. The Labute approximate surface area is 157 Å². The third-order valence-corrected chi connectivity index (χ3v) is 4.62. The molecule has 140 valence electrons. The number of hydrogen-bond acceptors (Lipinski definition) is 5. The van der Waals surface area contributed by atoms with Crippen molar-refractivity contribution in [1.29, 1.82) is 0 Å². The lowest BCUT2D eigenvalue weighted by atomic mass is 9.92. The van der Waals surface area contributed by atoms with E-state index in [1.165, 1.54) is 4.90 Å². The van der Waals surface area contributed by atoms with Crippen LogP contribution in [0, 0.1) is 12.8 Å². The number of hydrogen-bond donors (Lipinski definition) is 0. The summed E-state index contributed by atoms with van der Waals surface area (Å²) in [5.74, 6) is -2.71. The second-order valence-corrected chi connectivity index (χ2v) is 6.32. The number of aryl methyl sites for hydroxylation is 1. The van der Waals surface area contributed by atoms with Gasteiger partial charge in [0.1, 0.15) is 11.7 Å². The van der Waals surface area contributed by atoms with Crippen LogP contribution in [0.3, 0.4) is 0 Å². The number of carbonyl (C=O) groups is 3. The van der Waals surface area contributed by atoms with E-state index in [-0.39, 0.29) is 6.61 Å². The van der Waals surface area contributed by atoms with Crippen LogP contribution in [0.1, 0.15) is 24.1 Å². The predicted molar refractivity (Wildman–Crippen MR) is 99.5 cm³/mol. The topological polar surface area (TPSA) is 72.9 Å². The third-order valence-electron chi connectivity index (χ3n) is 4.62. The zero-order valence-electron chi connectivity index (χ0n) is 15.5. The predicted octanol–water partition coefficient (Wildman–Crippen LogP) is 2.84. The van der Waals surface area contributed by atoms with Crippen LogP contribution in [0.2, 0.25) is 0 Å². The van der Waals surface area contributed by atoms with Crippen LogP contribution < -0.4 is 9.64 Å². The molecule has 1 aliphatic heterocycles. The molecule has 0 aromatic heterocycles. The van der Waals surface area contributed by atoms with E-state index in [0.717, 1.165) is 5.56 Å². The van der Waals surface area contributed by atoms with Gasteiger partial charge in [0.2, 0.25) is 5.78 Å². The number of anilines is 1. The highest BCUT2D eigenvalue weighted by atomic mass is 16.5. The van der Waals surface area contributed by atoms with Gasteiger partial charge >= 0.3 is 5.97 Å². The highest BCUT2D eigenvalue weighted by Gasteiger charge is 2.53. The molecule has 0 saturated carbocycles. The van der Waals surface area contributed by atoms with Crippen molar-refractivity contribution in [2.45, 2.75) is 19.9 Å². The molecule has 1 fully saturated rings. The zero-order valence-corrected chi connectivity index (χ0v) is 15.5. The van der Waals surface area contributed by atoms with E-state index in [2.05, 4.69) is 0 Å². The van der Waals surface area contributed by atoms with E-state index < -0.39 is 29.6 Å². The summed E-state index contributed by atoms with van der Waals surface area (Å²) in [7, 11) is 1.55. The standard InChI is InChI=1S/C21H21NO5/c1-4-27-21(25)17-18(14-7-11-16(26-3)12-8-14)22(20(24)19(17)23)15-9-5-13(2)6-10-15/h5-12,17-18H,4H2,1-3H3/t17-,18+/m1/s1. The number of esters is 1. The summed E-state index contributed by atoms with van der Waals surface area (Å²) >= 11 is 0. The molecule has 0 unspecified atom stereocenters. The molecule has 2 aromatic rings. The van der Waals surface area contributed by atoms with Gasteiger partial charge in [0, 0.05) is 5.69 Å². The van der Waals surface area contributed by atoms with Gasteiger partial charge in [-0.25, -0.2) is 0 Å². The quantitative estimate of drug-likeness (QED) is 0.462. The number of ether oxygens (including phenoxy) is 2. The van der Waals surface area contributed by atoms with Gasteiger partial charge in [0.25, 0.3) is 5.91 Å². The van der Waals surface area contributed by atoms with Crippen LogP contribution in [-0.4, -0.2) is 31.4 Å². The van der Waals surface area contributed by atoms with Gasteiger partial charge in [0.15, 0.2) is 0 Å². The monoisotopic (exact) mass is 367 g/mol. The lowest BCUT2D eigenvalue weighted by Crippen LogP contribution is -2.31. The van der Waals surface area contributed by atoms with Crippen molar-refractivity contribution in [3.8, 4) is 5.75 Å². The molecule has 1 aliphatic rings. The molecular formula is C21H21NO5. The molecule has 1 heterocycles. The number of carbonyl (C=O) groups excluding carboxylic acids is 3. The van der Waals surface area contributed by atoms with Crippen LogP contribution in [0.15, 0.2) is 48.5 Å². The molecule has 3 rings (SSSR count). The van der Waals surface area contributed by atoms with Gasteiger partial charge in [-0.05, 0) is 43.7 Å². The summed E-state index contributed by atoms with van der Waals surface area (Å²) in [6, 6.07) is 13.5. The normalized spacial score (nSPS) is 19.3. The first-order valence-electron chi connectivity index (χ1n) is 8.72. The minimum atomic E-state index is -1.20. The van der Waals surface area contributed by atoms with Gasteiger partial charge in [0.05, 0.1) is 19.8 Å². The van der Waals surface area contributed by atoms with Crippen molar-refractivity contribution < 1.29 is 23.9 Å². The largest absolute Gasteiger partial charge is 0.497 e. The number of benzene rings is 2. The number of nitrogens with zero attached hydrogens (tertiary/aromatic N) is 1. The third kappa shape index (κ3) is 3.43. The van der Waals surface area contributed by atoms with E-state index in [1.807, 2.05) is 19.1 Å². The Kier molecular flexibility index (Phi) is 5.26. The summed E-state index contributed by atoms with van der Waals surface area (Å²) in [6.45, 7) is 3.74. The molecule has 1 amide bonds. The van der Waals surface area contributed by atoms with E-state index in [1.54, 1.807) is 50.4 Å². The van der Waals surface area contributed by atoms with Crippen molar-refractivity contribution in [3.05, 3.63) is 59.7 Å². The Morgan fingerprint density at radius 3 is 2.22 bits per heavy atom. The highest BCUT2D eigenvalue weighted by Crippen LogP contribution is 2.40. The summed E-state index contributed by atoms with van der Waals surface area (Å²) < 4.78 is 10.3. The van der Waals surface area contributed by atoms with Crippen LogP contribution >= 0.6 is 0 Å². The Morgan fingerprint density at radius 2 is 1.67 bits per heavy atom. The first kappa shape index (κ1) is 18.6. The second kappa shape index (κ2) is 7.61.